The molecule has 0 radical (unpaired) electrons. The van der Waals surface area contributed by atoms with Gasteiger partial charge in [0.15, 0.2) is 5.78 Å². The number of hydrogen-bond donors (Lipinski definition) is 3. The fourth-order valence-corrected chi connectivity index (χ4v) is 3.00. The lowest BCUT2D eigenvalue weighted by molar-refractivity contribution is 0.0987. The molecule has 0 aromatic heterocycles. The molecule has 0 aliphatic heterocycles. The molecule has 0 aliphatic carbocycles. The van der Waals surface area contributed by atoms with Crippen molar-refractivity contribution in [1.29, 1.82) is 0 Å². The van der Waals surface area contributed by atoms with E-state index in [1.54, 1.807) is 30.3 Å². The van der Waals surface area contributed by atoms with Crippen molar-refractivity contribution < 1.29 is 14.7 Å². The monoisotopic (exact) mass is 362 g/mol. The maximum Gasteiger partial charge on any atom is 0.259 e. The Morgan fingerprint density at radius 2 is 1.63 bits per heavy atom. The lowest BCUT2D eigenvalue weighted by atomic mass is 10.0. The zero-order valence-corrected chi connectivity index (χ0v) is 15.4. The molecule has 138 valence electrons. The standard InChI is InChI=1S/C22H22N2O3/c1-3-20(25)17-10-9-16(13-19(17)23-4-2)24-22(27)18-11-14-7-5-6-8-15(14)12-21(18)26/h5-13,23,26H,3-4H2,1-2H3,(H,24,27). The minimum absolute atomic E-state index is 0.0380. The van der Waals surface area contributed by atoms with Crippen LogP contribution in [0.5, 0.6) is 5.75 Å². The van der Waals surface area contributed by atoms with Gasteiger partial charge in [0.2, 0.25) is 0 Å². The van der Waals surface area contributed by atoms with E-state index in [1.165, 1.54) is 0 Å². The summed E-state index contributed by atoms with van der Waals surface area (Å²) in [6.07, 6.45) is 0.412. The van der Waals surface area contributed by atoms with Crippen molar-refractivity contribution in [3.63, 3.8) is 0 Å². The van der Waals surface area contributed by atoms with Gasteiger partial charge in [0.1, 0.15) is 5.75 Å². The molecule has 5 heteroatoms. The van der Waals surface area contributed by atoms with E-state index < -0.39 is 5.91 Å². The minimum atomic E-state index is -0.407. The van der Waals surface area contributed by atoms with E-state index in [0.29, 0.717) is 29.9 Å². The summed E-state index contributed by atoms with van der Waals surface area (Å²) in [6, 6.07) is 15.9. The number of carbonyl (C=O) groups is 2. The summed E-state index contributed by atoms with van der Waals surface area (Å²) in [5.41, 5.74) is 2.04. The summed E-state index contributed by atoms with van der Waals surface area (Å²) in [4.78, 5) is 24.7. The highest BCUT2D eigenvalue weighted by Gasteiger charge is 2.15. The third-order valence-corrected chi connectivity index (χ3v) is 4.37. The lowest BCUT2D eigenvalue weighted by Gasteiger charge is -2.13. The summed E-state index contributed by atoms with van der Waals surface area (Å²) in [7, 11) is 0. The van der Waals surface area contributed by atoms with Gasteiger partial charge in [-0.2, -0.15) is 0 Å². The average molecular weight is 362 g/mol. The smallest absolute Gasteiger partial charge is 0.259 e. The number of hydrogen-bond acceptors (Lipinski definition) is 4. The number of amides is 1. The van der Waals surface area contributed by atoms with Crippen molar-refractivity contribution in [2.75, 3.05) is 17.2 Å². The topological polar surface area (TPSA) is 78.4 Å². The molecule has 1 amide bonds. The van der Waals surface area contributed by atoms with Gasteiger partial charge < -0.3 is 15.7 Å². The number of carbonyl (C=O) groups excluding carboxylic acids is 2. The van der Waals surface area contributed by atoms with Crippen LogP contribution in [0.2, 0.25) is 0 Å². The largest absolute Gasteiger partial charge is 0.507 e. The lowest BCUT2D eigenvalue weighted by Crippen LogP contribution is -2.13. The second-order valence-corrected chi connectivity index (χ2v) is 6.24. The normalized spacial score (nSPS) is 10.6. The van der Waals surface area contributed by atoms with Gasteiger partial charge in [-0.15, -0.1) is 0 Å². The molecule has 3 aromatic rings. The van der Waals surface area contributed by atoms with E-state index in [9.17, 15) is 14.7 Å². The Labute approximate surface area is 158 Å². The Morgan fingerprint density at radius 1 is 0.926 bits per heavy atom. The molecule has 3 rings (SSSR count). The Bertz CT molecular complexity index is 1010. The van der Waals surface area contributed by atoms with E-state index >= 15 is 0 Å². The third kappa shape index (κ3) is 3.92. The van der Waals surface area contributed by atoms with Gasteiger partial charge in [0.25, 0.3) is 5.91 Å². The SMILES string of the molecule is CCNc1cc(NC(=O)c2cc3ccccc3cc2O)ccc1C(=O)CC. The van der Waals surface area contributed by atoms with Crippen LogP contribution in [-0.4, -0.2) is 23.3 Å². The van der Waals surface area contributed by atoms with Gasteiger partial charge in [-0.25, -0.2) is 0 Å². The number of aromatic hydroxyl groups is 1. The first-order valence-electron chi connectivity index (χ1n) is 8.97. The molecule has 0 heterocycles. The zero-order valence-electron chi connectivity index (χ0n) is 15.4. The molecule has 3 N–H and O–H groups in total. The molecule has 0 bridgehead atoms. The second kappa shape index (κ2) is 7.91. The summed E-state index contributed by atoms with van der Waals surface area (Å²) >= 11 is 0. The molecule has 0 fully saturated rings. The van der Waals surface area contributed by atoms with Crippen molar-refractivity contribution in [2.45, 2.75) is 20.3 Å². The number of anilines is 2. The Balaban J connectivity index is 1.90. The highest BCUT2D eigenvalue weighted by Crippen LogP contribution is 2.27. The van der Waals surface area contributed by atoms with E-state index in [2.05, 4.69) is 10.6 Å². The molecule has 5 nitrogen and oxygen atoms in total. The number of ketones is 1. The molecular formula is C22H22N2O3. The van der Waals surface area contributed by atoms with E-state index in [4.69, 9.17) is 0 Å². The quantitative estimate of drug-likeness (QED) is 0.549. The highest BCUT2D eigenvalue weighted by atomic mass is 16.3. The predicted octanol–water partition coefficient (Wildman–Crippen LogP) is 4.82. The van der Waals surface area contributed by atoms with Crippen molar-refractivity contribution in [3.8, 4) is 5.75 Å². The number of Topliss-reactive ketones (excluding diaryl/α,β-unsaturated/α-hetero) is 1. The van der Waals surface area contributed by atoms with Crippen molar-refractivity contribution >= 4 is 33.8 Å². The van der Waals surface area contributed by atoms with Crippen molar-refractivity contribution in [1.82, 2.24) is 0 Å². The van der Waals surface area contributed by atoms with Crippen LogP contribution in [0.3, 0.4) is 0 Å². The van der Waals surface area contributed by atoms with Crippen LogP contribution < -0.4 is 10.6 Å². The second-order valence-electron chi connectivity index (χ2n) is 6.24. The molecule has 0 unspecified atom stereocenters. The molecule has 0 saturated carbocycles. The average Bonchev–Trinajstić information content (AvgIpc) is 2.67. The Morgan fingerprint density at radius 3 is 2.30 bits per heavy atom. The van der Waals surface area contributed by atoms with Gasteiger partial charge in [-0.1, -0.05) is 31.2 Å². The van der Waals surface area contributed by atoms with Crippen LogP contribution in [-0.2, 0) is 0 Å². The van der Waals surface area contributed by atoms with Gasteiger partial charge >= 0.3 is 0 Å². The highest BCUT2D eigenvalue weighted by molar-refractivity contribution is 6.09. The molecule has 3 aromatic carbocycles. The number of fused-ring (bicyclic) bond motifs is 1. The van der Waals surface area contributed by atoms with Crippen LogP contribution in [0.25, 0.3) is 10.8 Å². The van der Waals surface area contributed by atoms with Gasteiger partial charge in [-0.3, -0.25) is 9.59 Å². The fraction of sp³-hybridized carbons (Fsp3) is 0.182. The van der Waals surface area contributed by atoms with Crippen LogP contribution in [0.15, 0.2) is 54.6 Å². The van der Waals surface area contributed by atoms with E-state index in [1.807, 2.05) is 38.1 Å². The third-order valence-electron chi connectivity index (χ3n) is 4.37. The van der Waals surface area contributed by atoms with E-state index in [-0.39, 0.29) is 17.1 Å². The number of rotatable bonds is 6. The van der Waals surface area contributed by atoms with Gasteiger partial charge in [-0.05, 0) is 48.0 Å². The number of phenolic OH excluding ortho intramolecular Hbond substituents is 1. The molecular weight excluding hydrogens is 340 g/mol. The van der Waals surface area contributed by atoms with Crippen LogP contribution in [0.4, 0.5) is 11.4 Å². The zero-order chi connectivity index (χ0) is 19.4. The summed E-state index contributed by atoms with van der Waals surface area (Å²) in [6.45, 7) is 4.42. The molecule has 0 saturated heterocycles. The first-order chi connectivity index (χ1) is 13.0. The molecule has 0 atom stereocenters. The number of phenols is 1. The maximum atomic E-state index is 12.7. The van der Waals surface area contributed by atoms with Gasteiger partial charge in [0, 0.05) is 29.9 Å². The first kappa shape index (κ1) is 18.5. The van der Waals surface area contributed by atoms with E-state index in [0.717, 1.165) is 10.8 Å². The first-order valence-corrected chi connectivity index (χ1v) is 8.97. The number of benzene rings is 3. The van der Waals surface area contributed by atoms with Gasteiger partial charge in [0.05, 0.1) is 5.56 Å². The predicted molar refractivity (Wildman–Crippen MR) is 109 cm³/mol. The fourth-order valence-electron chi connectivity index (χ4n) is 3.00. The Hall–Kier alpha value is -3.34. The van der Waals surface area contributed by atoms with Crippen molar-refractivity contribution in [3.05, 3.63) is 65.7 Å². The summed E-state index contributed by atoms with van der Waals surface area (Å²) < 4.78 is 0. The summed E-state index contributed by atoms with van der Waals surface area (Å²) in [5, 5.41) is 17.9. The molecule has 0 aliphatic rings. The number of nitrogens with one attached hydrogen (secondary N) is 2. The van der Waals surface area contributed by atoms with Crippen LogP contribution in [0.1, 0.15) is 41.0 Å². The van der Waals surface area contributed by atoms with Crippen LogP contribution in [0, 0.1) is 0 Å². The summed E-state index contributed by atoms with van der Waals surface area (Å²) in [5.74, 6) is -0.442. The molecule has 27 heavy (non-hydrogen) atoms. The van der Waals surface area contributed by atoms with Crippen LogP contribution >= 0.6 is 0 Å². The molecule has 0 spiro atoms. The maximum absolute atomic E-state index is 12.7. The van der Waals surface area contributed by atoms with Crippen molar-refractivity contribution in [2.24, 2.45) is 0 Å². The minimum Gasteiger partial charge on any atom is -0.507 e. The Kier molecular flexibility index (Phi) is 5.41.